The molecule has 10 heavy (non-hydrogen) atoms. The Bertz CT molecular complexity index is 178. The van der Waals surface area contributed by atoms with Gasteiger partial charge in [0.05, 0.1) is 0 Å². The van der Waals surface area contributed by atoms with Crippen LogP contribution in [0.2, 0.25) is 0 Å². The first kappa shape index (κ1) is 13.1. The van der Waals surface area contributed by atoms with E-state index in [0.29, 0.717) is 9.76 Å². The molecule has 1 aromatic rings. The molecule has 5 heteroatoms. The van der Waals surface area contributed by atoms with Crippen LogP contribution >= 0.6 is 12.6 Å². The zero-order valence-electron chi connectivity index (χ0n) is 5.12. The molecule has 1 radical (unpaired) electrons. The van der Waals surface area contributed by atoms with Crippen molar-refractivity contribution >= 4 is 12.6 Å². The number of pyridine rings is 1. The second kappa shape index (κ2) is 6.17. The zero-order chi connectivity index (χ0) is 5.98. The number of nitrogens with zero attached hydrogens (tertiary/aromatic N) is 1. The van der Waals surface area contributed by atoms with Gasteiger partial charge in [-0.05, 0) is 6.07 Å². The van der Waals surface area contributed by atoms with Gasteiger partial charge in [-0.1, -0.05) is 12.6 Å². The molecule has 0 fully saturated rings. The predicted molar refractivity (Wildman–Crippen MR) is 32.7 cm³/mol. The minimum atomic E-state index is 0. The molecular formula is C5H5CuNOSZn. The first-order valence-electron chi connectivity index (χ1n) is 2.18. The van der Waals surface area contributed by atoms with E-state index < -0.39 is 0 Å². The molecule has 1 aromatic heterocycles. The van der Waals surface area contributed by atoms with Gasteiger partial charge in [-0.25, -0.2) is 0 Å². The largest absolute Gasteiger partial charge is 0.618 e. The van der Waals surface area contributed by atoms with Gasteiger partial charge in [0.2, 0.25) is 5.03 Å². The molecule has 0 unspecified atom stereocenters. The van der Waals surface area contributed by atoms with Gasteiger partial charge in [-0.3, -0.25) is 0 Å². The zero-order valence-corrected chi connectivity index (χ0v) is 9.92. The van der Waals surface area contributed by atoms with Gasteiger partial charge in [0.1, 0.15) is 0 Å². The molecule has 0 amide bonds. The van der Waals surface area contributed by atoms with Gasteiger partial charge >= 0.3 is 0 Å². The predicted octanol–water partition coefficient (Wildman–Crippen LogP) is 0.604. The molecule has 2 nitrogen and oxygen atoms in total. The molecule has 1 rings (SSSR count). The van der Waals surface area contributed by atoms with Crippen LogP contribution in [0.4, 0.5) is 0 Å². The summed E-state index contributed by atoms with van der Waals surface area (Å²) in [5.41, 5.74) is 0. The molecule has 1 heterocycles. The number of hydrogen-bond acceptors (Lipinski definition) is 2. The van der Waals surface area contributed by atoms with E-state index in [1.54, 1.807) is 18.2 Å². The number of hydrogen-bond donors (Lipinski definition) is 1. The maximum atomic E-state index is 10.5. The van der Waals surface area contributed by atoms with Crippen molar-refractivity contribution in [2.45, 2.75) is 5.03 Å². The van der Waals surface area contributed by atoms with Gasteiger partial charge in [-0.15, -0.1) is 0 Å². The van der Waals surface area contributed by atoms with Crippen molar-refractivity contribution in [1.82, 2.24) is 0 Å². The van der Waals surface area contributed by atoms with Gasteiger partial charge in [0.15, 0.2) is 6.20 Å². The summed E-state index contributed by atoms with van der Waals surface area (Å²) in [6.07, 6.45) is 1.41. The first-order chi connectivity index (χ1) is 3.80. The molecule has 0 bridgehead atoms. The molecule has 0 aliphatic heterocycles. The maximum absolute atomic E-state index is 10.5. The number of rotatable bonds is 0. The Hall–Kier alpha value is 0.443. The summed E-state index contributed by atoms with van der Waals surface area (Å²) in [6, 6.07) is 5.06. The third kappa shape index (κ3) is 3.57. The van der Waals surface area contributed by atoms with Crippen LogP contribution in [0, 0.1) is 5.21 Å². The fraction of sp³-hybridized carbons (Fsp3) is 0. The van der Waals surface area contributed by atoms with E-state index >= 15 is 0 Å². The second-order valence-electron chi connectivity index (χ2n) is 1.38. The topological polar surface area (TPSA) is 26.9 Å². The third-order valence-corrected chi connectivity index (χ3v) is 1.15. The molecule has 55 valence electrons. The fourth-order valence-corrected chi connectivity index (χ4v) is 0.572. The maximum Gasteiger partial charge on any atom is 0.248 e. The molecular weight excluding hydrogens is 251 g/mol. The normalized spacial score (nSPS) is 7.30. The standard InChI is InChI=1S/C5H5NOS.Cu.Zn/c7-6-4-2-1-3-5(6)8;;/h1-4,8H;;. The molecule has 0 atom stereocenters. The van der Waals surface area contributed by atoms with Crippen molar-refractivity contribution < 1.29 is 41.3 Å². The van der Waals surface area contributed by atoms with E-state index in [-0.39, 0.29) is 36.5 Å². The van der Waals surface area contributed by atoms with E-state index in [4.69, 9.17) is 0 Å². The van der Waals surface area contributed by atoms with E-state index in [1.807, 2.05) is 0 Å². The molecule has 0 spiro atoms. The molecule has 0 saturated carbocycles. The van der Waals surface area contributed by atoms with Crippen LogP contribution < -0.4 is 4.73 Å². The number of aromatic nitrogens is 1. The summed E-state index contributed by atoms with van der Waals surface area (Å²) in [6.45, 7) is 0. The number of thiol groups is 1. The van der Waals surface area contributed by atoms with Crippen LogP contribution in [0.25, 0.3) is 0 Å². The SMILES string of the molecule is [Cu].[O-][n+]1ccccc1S.[Zn]. The summed E-state index contributed by atoms with van der Waals surface area (Å²) >= 11 is 3.85. The van der Waals surface area contributed by atoms with Gasteiger partial charge in [0.25, 0.3) is 0 Å². The van der Waals surface area contributed by atoms with Crippen molar-refractivity contribution in [1.29, 1.82) is 0 Å². The molecule has 0 aliphatic carbocycles. The quantitative estimate of drug-likeness (QED) is 0.313. The van der Waals surface area contributed by atoms with Crippen molar-refractivity contribution in [2.24, 2.45) is 0 Å². The monoisotopic (exact) mass is 254 g/mol. The van der Waals surface area contributed by atoms with Crippen LogP contribution in [0.15, 0.2) is 29.4 Å². The average molecular weight is 256 g/mol. The second-order valence-corrected chi connectivity index (χ2v) is 1.84. The van der Waals surface area contributed by atoms with Gasteiger partial charge < -0.3 is 5.21 Å². The van der Waals surface area contributed by atoms with Crippen molar-refractivity contribution in [3.63, 3.8) is 0 Å². The summed E-state index contributed by atoms with van der Waals surface area (Å²) in [7, 11) is 0. The van der Waals surface area contributed by atoms with Gasteiger partial charge in [0, 0.05) is 48.7 Å². The minimum Gasteiger partial charge on any atom is -0.618 e. The third-order valence-electron chi connectivity index (χ3n) is 0.804. The Morgan fingerprint density at radius 2 is 2.00 bits per heavy atom. The minimum absolute atomic E-state index is 0. The van der Waals surface area contributed by atoms with Crippen LogP contribution in [0.5, 0.6) is 0 Å². The van der Waals surface area contributed by atoms with E-state index in [1.165, 1.54) is 6.20 Å². The van der Waals surface area contributed by atoms with Crippen LogP contribution in [-0.2, 0) is 36.5 Å². The van der Waals surface area contributed by atoms with Crippen molar-refractivity contribution in [3.8, 4) is 0 Å². The molecule has 0 aliphatic rings. The fourth-order valence-electron chi connectivity index (χ4n) is 0.419. The smallest absolute Gasteiger partial charge is 0.248 e. The van der Waals surface area contributed by atoms with E-state index in [0.717, 1.165) is 0 Å². The van der Waals surface area contributed by atoms with Gasteiger partial charge in [-0.2, -0.15) is 4.73 Å². The van der Waals surface area contributed by atoms with Crippen molar-refractivity contribution in [2.75, 3.05) is 0 Å². The molecule has 0 aromatic carbocycles. The molecule has 0 N–H and O–H groups in total. The van der Waals surface area contributed by atoms with Crippen molar-refractivity contribution in [3.05, 3.63) is 29.6 Å². The van der Waals surface area contributed by atoms with E-state index in [2.05, 4.69) is 12.6 Å². The van der Waals surface area contributed by atoms with E-state index in [9.17, 15) is 5.21 Å². The van der Waals surface area contributed by atoms with Crippen LogP contribution in [0.3, 0.4) is 0 Å². The Labute approximate surface area is 88.2 Å². The van der Waals surface area contributed by atoms with Crippen LogP contribution in [-0.4, -0.2) is 0 Å². The summed E-state index contributed by atoms with van der Waals surface area (Å²) in [4.78, 5) is 0. The Morgan fingerprint density at radius 3 is 2.30 bits per heavy atom. The Kier molecular flexibility index (Phi) is 8.06. The van der Waals surface area contributed by atoms with Crippen LogP contribution in [0.1, 0.15) is 0 Å². The summed E-state index contributed by atoms with van der Waals surface area (Å²) < 4.78 is 0.698. The first-order valence-corrected chi connectivity index (χ1v) is 2.62. The Morgan fingerprint density at radius 1 is 1.40 bits per heavy atom. The molecule has 0 saturated heterocycles. The Balaban J connectivity index is 0. The summed E-state index contributed by atoms with van der Waals surface area (Å²) in [5.74, 6) is 0. The average Bonchev–Trinajstić information content (AvgIpc) is 1.77. The summed E-state index contributed by atoms with van der Waals surface area (Å²) in [5, 5.41) is 10.9.